The van der Waals surface area contributed by atoms with E-state index in [4.69, 9.17) is 4.74 Å². The van der Waals surface area contributed by atoms with Gasteiger partial charge in [-0.2, -0.15) is 0 Å². The second kappa shape index (κ2) is 7.04. The topological polar surface area (TPSA) is 26.3 Å². The molecule has 0 heterocycles. The van der Waals surface area contributed by atoms with E-state index in [-0.39, 0.29) is 10.3 Å². The third-order valence-electron chi connectivity index (χ3n) is 2.06. The molecule has 0 atom stereocenters. The second-order valence-electron chi connectivity index (χ2n) is 4.43. The van der Waals surface area contributed by atoms with Gasteiger partial charge in [-0.15, -0.1) is 0 Å². The van der Waals surface area contributed by atoms with Gasteiger partial charge < -0.3 is 4.74 Å². The molecule has 15 heavy (non-hydrogen) atoms. The summed E-state index contributed by atoms with van der Waals surface area (Å²) in [7, 11) is 0. The van der Waals surface area contributed by atoms with E-state index in [1.165, 1.54) is 12.5 Å². The molecule has 0 aliphatic rings. The highest BCUT2D eigenvalue weighted by Crippen LogP contribution is 2.24. The number of ether oxygens (including phenoxy) is 1. The molecular formula is C12H21BrO2. The number of hydrogen-bond acceptors (Lipinski definition) is 2. The van der Waals surface area contributed by atoms with Crippen LogP contribution in [0.4, 0.5) is 0 Å². The Morgan fingerprint density at radius 3 is 2.47 bits per heavy atom. The summed E-state index contributed by atoms with van der Waals surface area (Å²) < 4.78 is 5.06. The number of allylic oxidation sites excluding steroid dienone is 1. The van der Waals surface area contributed by atoms with Crippen LogP contribution in [0.3, 0.4) is 0 Å². The third-order valence-corrected chi connectivity index (χ3v) is 2.46. The van der Waals surface area contributed by atoms with Crippen LogP contribution in [0.2, 0.25) is 0 Å². The molecule has 0 saturated heterocycles. The quantitative estimate of drug-likeness (QED) is 0.419. The van der Waals surface area contributed by atoms with E-state index < -0.39 is 0 Å². The van der Waals surface area contributed by atoms with E-state index in [2.05, 4.69) is 36.7 Å². The monoisotopic (exact) mass is 276 g/mol. The van der Waals surface area contributed by atoms with Crippen molar-refractivity contribution in [3.8, 4) is 0 Å². The number of carbonyl (C=O) groups excluding carboxylic acids is 1. The van der Waals surface area contributed by atoms with Gasteiger partial charge in [0.2, 0.25) is 0 Å². The summed E-state index contributed by atoms with van der Waals surface area (Å²) in [5.74, 6) is -0.222. The van der Waals surface area contributed by atoms with E-state index in [1.807, 2.05) is 6.08 Å². The molecular weight excluding hydrogens is 256 g/mol. The summed E-state index contributed by atoms with van der Waals surface area (Å²) in [6, 6.07) is 0. The van der Waals surface area contributed by atoms with E-state index in [0.717, 1.165) is 19.3 Å². The fraction of sp³-hybridized carbons (Fsp3) is 0.750. The van der Waals surface area contributed by atoms with Crippen molar-refractivity contribution in [3.05, 3.63) is 11.6 Å². The molecule has 0 aliphatic heterocycles. The number of esters is 1. The van der Waals surface area contributed by atoms with Crippen molar-refractivity contribution < 1.29 is 9.53 Å². The van der Waals surface area contributed by atoms with Crippen molar-refractivity contribution >= 4 is 21.9 Å². The lowest BCUT2D eigenvalue weighted by molar-refractivity contribution is -0.139. The Labute approximate surface area is 101 Å². The van der Waals surface area contributed by atoms with Crippen molar-refractivity contribution in [2.24, 2.45) is 0 Å². The average Bonchev–Trinajstić information content (AvgIpc) is 2.00. The minimum absolute atomic E-state index is 0.222. The highest BCUT2D eigenvalue weighted by atomic mass is 79.9. The molecule has 0 aromatic rings. The van der Waals surface area contributed by atoms with Crippen LogP contribution < -0.4 is 0 Å². The van der Waals surface area contributed by atoms with Crippen LogP contribution in [0.1, 0.15) is 47.0 Å². The molecule has 0 rings (SSSR count). The maximum atomic E-state index is 10.5. The van der Waals surface area contributed by atoms with E-state index in [9.17, 15) is 4.79 Å². The van der Waals surface area contributed by atoms with E-state index in [1.54, 1.807) is 0 Å². The first-order valence-corrected chi connectivity index (χ1v) is 6.08. The summed E-state index contributed by atoms with van der Waals surface area (Å²) in [6.07, 6.45) is 5.34. The summed E-state index contributed by atoms with van der Waals surface area (Å²) >= 11 is 3.61. The predicted molar refractivity (Wildman–Crippen MR) is 67.2 cm³/mol. The molecule has 0 aromatic heterocycles. The Morgan fingerprint density at radius 1 is 1.40 bits per heavy atom. The van der Waals surface area contributed by atoms with Crippen LogP contribution in [0.25, 0.3) is 0 Å². The lowest BCUT2D eigenvalue weighted by Crippen LogP contribution is -2.08. The van der Waals surface area contributed by atoms with Gasteiger partial charge in [0.25, 0.3) is 0 Å². The van der Waals surface area contributed by atoms with E-state index >= 15 is 0 Å². The Balaban J connectivity index is 3.64. The summed E-state index contributed by atoms with van der Waals surface area (Å²) in [5, 5.41) is 0. The van der Waals surface area contributed by atoms with Crippen LogP contribution in [0.15, 0.2) is 11.6 Å². The Morgan fingerprint density at radius 2 is 2.00 bits per heavy atom. The molecule has 0 fully saturated rings. The number of hydrogen-bond donors (Lipinski definition) is 0. The second-order valence-corrected chi connectivity index (χ2v) is 6.57. The fourth-order valence-electron chi connectivity index (χ4n) is 1.19. The van der Waals surface area contributed by atoms with Gasteiger partial charge in [-0.05, 0) is 32.3 Å². The maximum Gasteiger partial charge on any atom is 0.302 e. The first kappa shape index (κ1) is 14.7. The lowest BCUT2D eigenvalue weighted by Gasteiger charge is -2.15. The van der Waals surface area contributed by atoms with Crippen molar-refractivity contribution in [2.75, 3.05) is 6.61 Å². The van der Waals surface area contributed by atoms with Gasteiger partial charge >= 0.3 is 5.97 Å². The van der Waals surface area contributed by atoms with Crippen molar-refractivity contribution in [1.82, 2.24) is 0 Å². The Bertz CT molecular complexity index is 226. The molecule has 0 saturated carbocycles. The average molecular weight is 277 g/mol. The summed E-state index contributed by atoms with van der Waals surface area (Å²) in [5.41, 5.74) is 1.29. The summed E-state index contributed by atoms with van der Waals surface area (Å²) in [4.78, 5) is 10.5. The molecule has 2 nitrogen and oxygen atoms in total. The molecule has 0 amide bonds. The van der Waals surface area contributed by atoms with Gasteiger partial charge in [0.05, 0.1) is 0 Å². The van der Waals surface area contributed by atoms with Crippen molar-refractivity contribution in [2.45, 2.75) is 51.3 Å². The zero-order valence-electron chi connectivity index (χ0n) is 10.1. The van der Waals surface area contributed by atoms with Crippen LogP contribution in [0, 0.1) is 0 Å². The smallest absolute Gasteiger partial charge is 0.302 e. The van der Waals surface area contributed by atoms with Crippen LogP contribution >= 0.6 is 15.9 Å². The molecule has 3 heteroatoms. The molecule has 0 aromatic carbocycles. The lowest BCUT2D eigenvalue weighted by atomic mass is 10.0. The standard InChI is InChI=1S/C12H21BrO2/c1-10(7-9-15-11(2)14)6-5-8-12(3,4)13/h7H,5-6,8-9H2,1-4H3/b10-7+. The molecule has 0 unspecified atom stereocenters. The predicted octanol–water partition coefficient (Wildman–Crippen LogP) is 3.84. The first-order valence-electron chi connectivity index (χ1n) is 5.29. The third kappa shape index (κ3) is 11.6. The largest absolute Gasteiger partial charge is 0.462 e. The minimum atomic E-state index is -0.222. The Kier molecular flexibility index (Phi) is 6.90. The van der Waals surface area contributed by atoms with Gasteiger partial charge in [0.15, 0.2) is 0 Å². The first-order chi connectivity index (χ1) is 6.81. The minimum Gasteiger partial charge on any atom is -0.462 e. The van der Waals surface area contributed by atoms with Gasteiger partial charge in [-0.3, -0.25) is 4.79 Å². The van der Waals surface area contributed by atoms with Gasteiger partial charge in [-0.1, -0.05) is 35.4 Å². The highest BCUT2D eigenvalue weighted by molar-refractivity contribution is 9.10. The Hall–Kier alpha value is -0.310. The van der Waals surface area contributed by atoms with Crippen molar-refractivity contribution in [3.63, 3.8) is 0 Å². The number of rotatable bonds is 6. The molecule has 0 aliphatic carbocycles. The number of halogens is 1. The molecule has 0 bridgehead atoms. The fourth-order valence-corrected chi connectivity index (χ4v) is 1.47. The van der Waals surface area contributed by atoms with Crippen LogP contribution in [-0.4, -0.2) is 16.9 Å². The zero-order valence-corrected chi connectivity index (χ0v) is 11.7. The van der Waals surface area contributed by atoms with Crippen LogP contribution in [-0.2, 0) is 9.53 Å². The molecule has 0 radical (unpaired) electrons. The number of alkyl halides is 1. The van der Waals surface area contributed by atoms with Gasteiger partial charge in [0, 0.05) is 11.2 Å². The molecule has 0 N–H and O–H groups in total. The zero-order chi connectivity index (χ0) is 11.9. The van der Waals surface area contributed by atoms with Gasteiger partial charge in [-0.25, -0.2) is 0 Å². The van der Waals surface area contributed by atoms with Crippen LogP contribution in [0.5, 0.6) is 0 Å². The van der Waals surface area contributed by atoms with Crippen molar-refractivity contribution in [1.29, 1.82) is 0 Å². The molecule has 88 valence electrons. The highest BCUT2D eigenvalue weighted by Gasteiger charge is 2.11. The number of carbonyl (C=O) groups is 1. The summed E-state index contributed by atoms with van der Waals surface area (Å²) in [6.45, 7) is 8.25. The molecule has 0 spiro atoms. The SMILES string of the molecule is CC(=O)OC/C=C(\C)CCCC(C)(C)Br. The van der Waals surface area contributed by atoms with Gasteiger partial charge in [0.1, 0.15) is 6.61 Å². The normalized spacial score (nSPS) is 12.7. The maximum absolute atomic E-state index is 10.5. The van der Waals surface area contributed by atoms with E-state index in [0.29, 0.717) is 6.61 Å².